The fraction of sp³-hybridized carbons (Fsp3) is 0.147. The molecule has 0 amide bonds. The summed E-state index contributed by atoms with van der Waals surface area (Å²) < 4.78 is 20.5. The molecular formula is C34H30N2O3. The van der Waals surface area contributed by atoms with Gasteiger partial charge in [-0.25, -0.2) is 4.98 Å². The first-order chi connectivity index (χ1) is 19.2. The minimum atomic E-state index is 0.561. The molecule has 194 valence electrons. The van der Waals surface area contributed by atoms with E-state index in [1.165, 1.54) is 11.4 Å². The van der Waals surface area contributed by atoms with Crippen LogP contribution in [0.15, 0.2) is 120 Å². The zero-order valence-electron chi connectivity index (χ0n) is 21.9. The van der Waals surface area contributed by atoms with Crippen molar-refractivity contribution in [3.05, 3.63) is 127 Å². The molecule has 2 heterocycles. The van der Waals surface area contributed by atoms with E-state index in [2.05, 4.69) is 52.9 Å². The Bertz CT molecular complexity index is 1630. The predicted molar refractivity (Wildman–Crippen MR) is 155 cm³/mol. The molecule has 0 unspecified atom stereocenters. The maximum atomic E-state index is 6.22. The summed E-state index contributed by atoms with van der Waals surface area (Å²) in [6.45, 7) is 4.14. The minimum absolute atomic E-state index is 0.561. The van der Waals surface area contributed by atoms with Gasteiger partial charge in [-0.15, -0.1) is 0 Å². The Balaban J connectivity index is 1.09. The molecule has 0 bridgehead atoms. The van der Waals surface area contributed by atoms with Gasteiger partial charge in [-0.1, -0.05) is 54.6 Å². The van der Waals surface area contributed by atoms with Gasteiger partial charge < -0.3 is 18.5 Å². The van der Waals surface area contributed by atoms with Crippen molar-refractivity contribution in [3.63, 3.8) is 0 Å². The topological polar surface area (TPSA) is 49.4 Å². The second-order valence-electron chi connectivity index (χ2n) is 9.50. The van der Waals surface area contributed by atoms with E-state index >= 15 is 0 Å². The number of fused-ring (bicyclic) bond motifs is 1. The van der Waals surface area contributed by atoms with Crippen LogP contribution < -0.4 is 9.47 Å². The van der Waals surface area contributed by atoms with Crippen LogP contribution in [0.1, 0.15) is 17.7 Å². The van der Waals surface area contributed by atoms with Crippen LogP contribution >= 0.6 is 0 Å². The van der Waals surface area contributed by atoms with Gasteiger partial charge in [0.1, 0.15) is 23.6 Å². The molecule has 2 aromatic heterocycles. The first-order valence-corrected chi connectivity index (χ1v) is 13.3. The summed E-state index contributed by atoms with van der Waals surface area (Å²) in [4.78, 5) is 4.64. The number of ether oxygens (including phenoxy) is 2. The highest BCUT2D eigenvalue weighted by Crippen LogP contribution is 2.32. The molecule has 0 spiro atoms. The standard InChI is InChI=1S/C34H30N2O3/c1-25-16-21-31(27-17-19-28(20-18-27)38-24-26-10-3-2-4-11-26)36(25)22-9-23-37-32-14-7-5-12-29(32)34-35-30-13-6-8-15-33(30)39-34/h2-8,10-21H,9,22-24H2,1H3. The molecule has 0 radical (unpaired) electrons. The summed E-state index contributed by atoms with van der Waals surface area (Å²) in [5, 5.41) is 0. The van der Waals surface area contributed by atoms with Gasteiger partial charge in [0.25, 0.3) is 0 Å². The molecule has 0 fully saturated rings. The van der Waals surface area contributed by atoms with Crippen LogP contribution in [0.3, 0.4) is 0 Å². The molecule has 0 N–H and O–H groups in total. The largest absolute Gasteiger partial charge is 0.493 e. The van der Waals surface area contributed by atoms with Crippen LogP contribution in [-0.2, 0) is 13.2 Å². The van der Waals surface area contributed by atoms with Crippen LogP contribution in [0, 0.1) is 6.92 Å². The first-order valence-electron chi connectivity index (χ1n) is 13.3. The smallest absolute Gasteiger partial charge is 0.231 e. The zero-order valence-corrected chi connectivity index (χ0v) is 21.9. The predicted octanol–water partition coefficient (Wildman–Crippen LogP) is 8.32. The van der Waals surface area contributed by atoms with Crippen molar-refractivity contribution in [2.45, 2.75) is 26.5 Å². The van der Waals surface area contributed by atoms with Crippen molar-refractivity contribution in [1.29, 1.82) is 0 Å². The van der Waals surface area contributed by atoms with Crippen LogP contribution in [0.4, 0.5) is 0 Å². The molecular weight excluding hydrogens is 484 g/mol. The molecule has 39 heavy (non-hydrogen) atoms. The van der Waals surface area contributed by atoms with Crippen molar-refractivity contribution in [1.82, 2.24) is 9.55 Å². The molecule has 5 nitrogen and oxygen atoms in total. The van der Waals surface area contributed by atoms with Gasteiger partial charge in [-0.3, -0.25) is 0 Å². The van der Waals surface area contributed by atoms with Crippen molar-refractivity contribution in [2.24, 2.45) is 0 Å². The summed E-state index contributed by atoms with van der Waals surface area (Å²) in [5.41, 5.74) is 7.21. The van der Waals surface area contributed by atoms with Gasteiger partial charge in [0, 0.05) is 17.9 Å². The normalized spacial score (nSPS) is 11.1. The second kappa shape index (κ2) is 11.3. The van der Waals surface area contributed by atoms with E-state index in [4.69, 9.17) is 13.9 Å². The first kappa shape index (κ1) is 24.6. The number of oxazole rings is 1. The van der Waals surface area contributed by atoms with Crippen LogP contribution in [-0.4, -0.2) is 16.2 Å². The third-order valence-electron chi connectivity index (χ3n) is 6.79. The number of benzene rings is 4. The Morgan fingerprint density at radius 2 is 1.51 bits per heavy atom. The third-order valence-corrected chi connectivity index (χ3v) is 6.79. The highest BCUT2D eigenvalue weighted by atomic mass is 16.5. The number of aryl methyl sites for hydroxylation is 1. The number of hydrogen-bond donors (Lipinski definition) is 0. The Hall–Kier alpha value is -4.77. The van der Waals surface area contributed by atoms with E-state index < -0.39 is 0 Å². The van der Waals surface area contributed by atoms with E-state index in [0.29, 0.717) is 19.1 Å². The Morgan fingerprint density at radius 3 is 2.36 bits per heavy atom. The summed E-state index contributed by atoms with van der Waals surface area (Å²) in [6, 6.07) is 38.6. The maximum absolute atomic E-state index is 6.22. The van der Waals surface area contributed by atoms with E-state index in [-0.39, 0.29) is 0 Å². The average molecular weight is 515 g/mol. The van der Waals surface area contributed by atoms with Crippen molar-refractivity contribution in [3.8, 4) is 34.2 Å². The molecule has 6 rings (SSSR count). The lowest BCUT2D eigenvalue weighted by molar-refractivity contribution is 0.302. The van der Waals surface area contributed by atoms with E-state index in [0.717, 1.165) is 52.3 Å². The van der Waals surface area contributed by atoms with Gasteiger partial charge in [0.15, 0.2) is 5.58 Å². The number of rotatable bonds is 10. The SMILES string of the molecule is Cc1ccc(-c2ccc(OCc3ccccc3)cc2)n1CCCOc1ccccc1-c1nc2ccccc2o1. The van der Waals surface area contributed by atoms with E-state index in [1.807, 2.05) is 78.9 Å². The molecule has 0 saturated carbocycles. The Kier molecular flexibility index (Phi) is 7.13. The highest BCUT2D eigenvalue weighted by molar-refractivity contribution is 5.77. The van der Waals surface area contributed by atoms with Gasteiger partial charge in [-0.05, 0) is 85.1 Å². The molecule has 6 aromatic rings. The van der Waals surface area contributed by atoms with E-state index in [9.17, 15) is 0 Å². The quantitative estimate of drug-likeness (QED) is 0.173. The molecule has 4 aromatic carbocycles. The molecule has 0 saturated heterocycles. The van der Waals surface area contributed by atoms with Crippen LogP contribution in [0.25, 0.3) is 33.8 Å². The van der Waals surface area contributed by atoms with Gasteiger partial charge in [0.05, 0.1) is 12.2 Å². The summed E-state index contributed by atoms with van der Waals surface area (Å²) in [6.07, 6.45) is 0.864. The van der Waals surface area contributed by atoms with Gasteiger partial charge in [0.2, 0.25) is 5.89 Å². The minimum Gasteiger partial charge on any atom is -0.493 e. The van der Waals surface area contributed by atoms with Crippen LogP contribution in [0.2, 0.25) is 0 Å². The lowest BCUT2D eigenvalue weighted by Gasteiger charge is -2.14. The molecule has 0 aliphatic rings. The Morgan fingerprint density at radius 1 is 0.744 bits per heavy atom. The molecule has 0 atom stereocenters. The molecule has 5 heteroatoms. The van der Waals surface area contributed by atoms with Crippen molar-refractivity contribution >= 4 is 11.1 Å². The number of hydrogen-bond acceptors (Lipinski definition) is 4. The number of aromatic nitrogens is 2. The molecule has 0 aliphatic carbocycles. The highest BCUT2D eigenvalue weighted by Gasteiger charge is 2.13. The maximum Gasteiger partial charge on any atom is 0.231 e. The summed E-state index contributed by atoms with van der Waals surface area (Å²) in [5.74, 6) is 2.22. The lowest BCUT2D eigenvalue weighted by atomic mass is 10.1. The number of para-hydroxylation sites is 3. The third kappa shape index (κ3) is 5.58. The second-order valence-corrected chi connectivity index (χ2v) is 9.50. The zero-order chi connectivity index (χ0) is 26.4. The van der Waals surface area contributed by atoms with Gasteiger partial charge in [-0.2, -0.15) is 0 Å². The summed E-state index contributed by atoms with van der Waals surface area (Å²) >= 11 is 0. The van der Waals surface area contributed by atoms with E-state index in [1.54, 1.807) is 0 Å². The average Bonchev–Trinajstić information content (AvgIpc) is 3.58. The van der Waals surface area contributed by atoms with Crippen molar-refractivity contribution in [2.75, 3.05) is 6.61 Å². The molecule has 0 aliphatic heterocycles. The van der Waals surface area contributed by atoms with Crippen molar-refractivity contribution < 1.29 is 13.9 Å². The fourth-order valence-electron chi connectivity index (χ4n) is 4.74. The monoisotopic (exact) mass is 514 g/mol. The Labute approximate surface area is 228 Å². The fourth-order valence-corrected chi connectivity index (χ4v) is 4.74. The lowest BCUT2D eigenvalue weighted by Crippen LogP contribution is -2.07. The number of nitrogens with zero attached hydrogens (tertiary/aromatic N) is 2. The summed E-state index contributed by atoms with van der Waals surface area (Å²) in [7, 11) is 0. The van der Waals surface area contributed by atoms with Gasteiger partial charge >= 0.3 is 0 Å². The van der Waals surface area contributed by atoms with Crippen LogP contribution in [0.5, 0.6) is 11.5 Å².